The smallest absolute Gasteiger partial charge is 0.116 e. The molecule has 5 atom stereocenters. The first-order valence-corrected chi connectivity index (χ1v) is 9.14. The van der Waals surface area contributed by atoms with Gasteiger partial charge in [0.25, 0.3) is 0 Å². The normalized spacial score (nSPS) is 30.4. The van der Waals surface area contributed by atoms with Crippen LogP contribution in [0.2, 0.25) is 0 Å². The molecule has 0 saturated carbocycles. The van der Waals surface area contributed by atoms with Crippen molar-refractivity contribution in [2.45, 2.75) is 66.5 Å². The number of nitrogens with zero attached hydrogens (tertiary/aromatic N) is 2. The summed E-state index contributed by atoms with van der Waals surface area (Å²) in [7, 11) is 0. The van der Waals surface area contributed by atoms with Gasteiger partial charge in [0.1, 0.15) is 5.75 Å². The zero-order valence-corrected chi connectivity index (χ0v) is 22.9. The molecule has 4 rings (SSSR count). The van der Waals surface area contributed by atoms with Gasteiger partial charge in [0.05, 0.1) is 12.1 Å². The maximum absolute atomic E-state index is 6.37. The fourth-order valence-electron chi connectivity index (χ4n) is 4.09. The minimum Gasteiger partial charge on any atom is -0.491 e. The summed E-state index contributed by atoms with van der Waals surface area (Å²) in [5.74, 6) is 3.45. The first-order chi connectivity index (χ1) is 11.3. The minimum atomic E-state index is 0. The molecule has 1 aromatic carbocycles. The summed E-state index contributed by atoms with van der Waals surface area (Å²) in [6.45, 7) is 17.9. The molecule has 1 N–H and O–H groups in total. The predicted molar refractivity (Wildman–Crippen MR) is 98.8 cm³/mol. The van der Waals surface area contributed by atoms with E-state index in [4.69, 9.17) is 9.72 Å². The Kier molecular flexibility index (Phi) is 3.63. The van der Waals surface area contributed by atoms with E-state index in [2.05, 4.69) is 64.9 Å². The average Bonchev–Trinajstić information content (AvgIpc) is 2.89. The van der Waals surface area contributed by atoms with Crippen LogP contribution in [0, 0.1) is 32.2 Å². The number of fused-ring (bicyclic) bond motifs is 5. The fourth-order valence-corrected chi connectivity index (χ4v) is 4.09. The first-order valence-electron chi connectivity index (χ1n) is 9.14. The number of rotatable bonds is 0. The second-order valence-corrected chi connectivity index (χ2v) is 7.91. The molecule has 0 saturated heterocycles. The van der Waals surface area contributed by atoms with Gasteiger partial charge in [-0.25, -0.2) is 0 Å². The third kappa shape index (κ3) is 2.08. The van der Waals surface area contributed by atoms with Gasteiger partial charge in [-0.1, -0.05) is 20.8 Å². The van der Waals surface area contributed by atoms with Crippen molar-refractivity contribution < 1.29 is 4.74 Å². The molecule has 25 heavy (non-hydrogen) atoms. The zero-order valence-electron chi connectivity index (χ0n) is 16.5. The van der Waals surface area contributed by atoms with Gasteiger partial charge >= 0.3 is 0 Å². The van der Waals surface area contributed by atoms with Gasteiger partial charge in [0, 0.05) is 11.6 Å². The predicted octanol–water partition coefficient (Wildman–Crippen LogP) is 4.63. The van der Waals surface area contributed by atoms with Crippen LogP contribution in [0.3, 0.4) is 0 Å². The second kappa shape index (κ2) is 5.33. The van der Waals surface area contributed by atoms with E-state index in [0.29, 0.717) is 23.8 Å². The Morgan fingerprint density at radius 2 is 1.76 bits per heavy atom. The van der Waals surface area contributed by atoms with Crippen molar-refractivity contribution >= 4 is 17.0 Å². The van der Waals surface area contributed by atoms with Crippen LogP contribution in [0.5, 0.6) is 5.75 Å². The van der Waals surface area contributed by atoms with E-state index < -0.39 is 0 Å². The Hall–Kier alpha value is -2.84. The number of benzene rings is 1. The van der Waals surface area contributed by atoms with Crippen LogP contribution < -0.4 is 10.1 Å². The van der Waals surface area contributed by atoms with Crippen molar-refractivity contribution in [3.05, 3.63) is 23.2 Å². The molecule has 2 aliphatic heterocycles. The molecule has 0 spiro atoms. The third-order valence-electron chi connectivity index (χ3n) is 6.49. The Bertz CT molecular complexity index is 828. The molecule has 0 amide bonds. The zero-order chi connectivity index (χ0) is 17.3. The van der Waals surface area contributed by atoms with Crippen LogP contribution in [0.1, 0.15) is 57.2 Å². The summed E-state index contributed by atoms with van der Waals surface area (Å²) >= 11 is 0. The average molecular weight is 593 g/mol. The number of hydrogen-bond acceptors (Lipinski definition) is 3. The van der Waals surface area contributed by atoms with E-state index in [0.717, 1.165) is 17.2 Å². The second-order valence-electron chi connectivity index (χ2n) is 7.91. The monoisotopic (exact) mass is 593 g/mol. The molecule has 4 nitrogen and oxygen atoms in total. The quantitative estimate of drug-likeness (QED) is 0.453. The molecule has 0 aliphatic carbocycles. The molecule has 1 aromatic heterocycles. The summed E-state index contributed by atoms with van der Waals surface area (Å²) in [6.07, 6.45) is 0.243. The van der Waals surface area contributed by atoms with Crippen molar-refractivity contribution in [2.75, 3.05) is 5.32 Å². The summed E-state index contributed by atoms with van der Waals surface area (Å²) in [5.41, 5.74) is 6.15. The van der Waals surface area contributed by atoms with Gasteiger partial charge in [0.15, 0.2) is 0 Å². The van der Waals surface area contributed by atoms with E-state index in [1.807, 2.05) is 0 Å². The number of aromatic nitrogens is 2. The minimum absolute atomic E-state index is 0. The van der Waals surface area contributed by atoms with Crippen molar-refractivity contribution in [3.8, 4) is 5.75 Å². The summed E-state index contributed by atoms with van der Waals surface area (Å²) in [6, 6.07) is 0.402. The van der Waals surface area contributed by atoms with Gasteiger partial charge in [-0.3, -0.25) is 4.98 Å². The molecule has 5 unspecified atom stereocenters. The van der Waals surface area contributed by atoms with Gasteiger partial charge in [-0.15, -0.1) is 6.54 Å². The summed E-state index contributed by atoms with van der Waals surface area (Å²) in [4.78, 5) is 4.95. The number of imidazole rings is 1. The number of aryl methyl sites for hydroxylation is 1. The largest absolute Gasteiger partial charge is 0.491 e. The SMILES string of the molecule is Cc1c2c(c3c(nc4n3[CH-]C(C)C(C)N4)c1C)C(C)C(C)C(C)O2.[Rf]. The van der Waals surface area contributed by atoms with Crippen LogP contribution in [-0.4, -0.2) is 21.7 Å². The fraction of sp³-hybridized carbons (Fsp3) is 0.600. The van der Waals surface area contributed by atoms with E-state index >= 15 is 0 Å². The van der Waals surface area contributed by atoms with E-state index in [1.165, 1.54) is 22.2 Å². The summed E-state index contributed by atoms with van der Waals surface area (Å²) < 4.78 is 8.64. The molecular weight excluding hydrogens is 565 g/mol. The van der Waals surface area contributed by atoms with Crippen LogP contribution in [0.15, 0.2) is 0 Å². The van der Waals surface area contributed by atoms with Crippen molar-refractivity contribution in [2.24, 2.45) is 11.8 Å². The Morgan fingerprint density at radius 3 is 2.44 bits per heavy atom. The van der Waals surface area contributed by atoms with Crippen LogP contribution >= 0.6 is 0 Å². The standard InChI is InChI=1S/C20H28N3O.Rf/c1-9-8-23-18-16-11(3)10(2)15(7)24-19(16)13(5)12(4)17(18)22-20(23)21-14(9)6;/h8-11,14-15H,1-7H3,(H,21,22);/q-1;. The summed E-state index contributed by atoms with van der Waals surface area (Å²) in [5, 5.41) is 3.57. The maximum atomic E-state index is 6.37. The molecule has 0 fully saturated rings. The number of nitrogens with one attached hydrogen (secondary N) is 1. The molecular formula is C20H28N3ORf-. The van der Waals surface area contributed by atoms with Crippen LogP contribution in [0.4, 0.5) is 5.95 Å². The van der Waals surface area contributed by atoms with E-state index in [-0.39, 0.29) is 6.10 Å². The molecule has 5 heteroatoms. The molecule has 132 valence electrons. The molecule has 3 heterocycles. The van der Waals surface area contributed by atoms with Gasteiger partial charge in [0.2, 0.25) is 0 Å². The Labute approximate surface area is 144 Å². The van der Waals surface area contributed by atoms with E-state index in [9.17, 15) is 0 Å². The van der Waals surface area contributed by atoms with Gasteiger partial charge in [-0.05, 0) is 67.7 Å². The van der Waals surface area contributed by atoms with Crippen molar-refractivity contribution in [1.82, 2.24) is 9.55 Å². The van der Waals surface area contributed by atoms with Crippen LogP contribution in [0.25, 0.3) is 11.0 Å². The Balaban J connectivity index is 0.00000182. The van der Waals surface area contributed by atoms with Gasteiger partial charge < -0.3 is 14.6 Å². The topological polar surface area (TPSA) is 39.1 Å². The number of anilines is 1. The van der Waals surface area contributed by atoms with E-state index in [1.54, 1.807) is 0 Å². The van der Waals surface area contributed by atoms with Crippen LogP contribution in [-0.2, 0) is 0 Å². The molecule has 2 aliphatic rings. The third-order valence-corrected chi connectivity index (χ3v) is 6.49. The molecule has 0 bridgehead atoms. The molecule has 2 aromatic rings. The van der Waals surface area contributed by atoms with Gasteiger partial charge in [-0.2, -0.15) is 0 Å². The number of ether oxygens (including phenoxy) is 1. The Morgan fingerprint density at radius 1 is 1.08 bits per heavy atom. The number of hydrogen-bond donors (Lipinski definition) is 1. The maximum Gasteiger partial charge on any atom is 0.116 e. The van der Waals surface area contributed by atoms with Crippen molar-refractivity contribution in [1.29, 1.82) is 0 Å². The van der Waals surface area contributed by atoms with Crippen molar-refractivity contribution in [3.63, 3.8) is 0 Å². The molecule has 0 radical (unpaired) electrons. The first kappa shape index (κ1) is 17.0.